The molecule has 3 heterocycles. The highest BCUT2D eigenvalue weighted by Crippen LogP contribution is 2.15. The first kappa shape index (κ1) is 21.6. The van der Waals surface area contributed by atoms with E-state index in [2.05, 4.69) is 15.5 Å². The van der Waals surface area contributed by atoms with Crippen molar-refractivity contribution < 1.29 is 19.1 Å². The molecule has 3 amide bonds. The topological polar surface area (TPSA) is 104 Å². The molecule has 1 aromatic carbocycles. The van der Waals surface area contributed by atoms with Gasteiger partial charge >= 0.3 is 0 Å². The van der Waals surface area contributed by atoms with Crippen LogP contribution in [0.15, 0.2) is 60.0 Å². The van der Waals surface area contributed by atoms with Gasteiger partial charge in [-0.15, -0.1) is 0 Å². The number of rotatable bonds is 6. The minimum Gasteiger partial charge on any atom is -0.370 e. The lowest BCUT2D eigenvalue weighted by Gasteiger charge is -2.25. The van der Waals surface area contributed by atoms with Crippen molar-refractivity contribution in [2.45, 2.75) is 32.1 Å². The van der Waals surface area contributed by atoms with Gasteiger partial charge in [0.1, 0.15) is 12.3 Å². The Balaban J connectivity index is 1.51. The number of nitrogens with zero attached hydrogens (tertiary/aromatic N) is 4. The second kappa shape index (κ2) is 10.1. The summed E-state index contributed by atoms with van der Waals surface area (Å²) in [6.45, 7) is 1.30. The minimum absolute atomic E-state index is 0.0722. The number of nitrogens with one attached hydrogen (secondary N) is 1. The van der Waals surface area contributed by atoms with E-state index in [1.54, 1.807) is 17.3 Å². The van der Waals surface area contributed by atoms with E-state index in [9.17, 15) is 14.4 Å². The number of hydrogen-bond acceptors (Lipinski definition) is 6. The van der Waals surface area contributed by atoms with Crippen molar-refractivity contribution in [2.24, 2.45) is 5.10 Å². The van der Waals surface area contributed by atoms with Gasteiger partial charge in [-0.05, 0) is 17.2 Å². The summed E-state index contributed by atoms with van der Waals surface area (Å²) in [5.74, 6) is -0.747. The van der Waals surface area contributed by atoms with Crippen LogP contribution in [0.1, 0.15) is 24.0 Å². The van der Waals surface area contributed by atoms with Gasteiger partial charge in [0.15, 0.2) is 0 Å². The highest BCUT2D eigenvalue weighted by molar-refractivity contribution is 6.39. The zero-order valence-corrected chi connectivity index (χ0v) is 17.6. The van der Waals surface area contributed by atoms with Crippen molar-refractivity contribution in [2.75, 3.05) is 19.6 Å². The molecule has 166 valence electrons. The molecule has 0 spiro atoms. The lowest BCUT2D eigenvalue weighted by molar-refractivity contribution is -0.136. The molecule has 4 rings (SSSR count). The van der Waals surface area contributed by atoms with Crippen LogP contribution < -0.4 is 5.43 Å². The Hall–Kier alpha value is -3.59. The molecule has 0 saturated carbocycles. The maximum absolute atomic E-state index is 13.1. The normalized spacial score (nSPS) is 19.2. The van der Waals surface area contributed by atoms with E-state index in [-0.39, 0.29) is 55.5 Å². The Labute approximate surface area is 186 Å². The first-order chi connectivity index (χ1) is 15.6. The zero-order valence-electron chi connectivity index (χ0n) is 17.6. The fourth-order valence-electron chi connectivity index (χ4n) is 3.70. The largest absolute Gasteiger partial charge is 0.370 e. The van der Waals surface area contributed by atoms with Crippen LogP contribution in [-0.4, -0.2) is 64.0 Å². The first-order valence-corrected chi connectivity index (χ1v) is 10.6. The minimum atomic E-state index is -0.374. The van der Waals surface area contributed by atoms with Crippen LogP contribution in [0.2, 0.25) is 0 Å². The third kappa shape index (κ3) is 5.55. The molecule has 32 heavy (non-hydrogen) atoms. The monoisotopic (exact) mass is 435 g/mol. The number of amides is 3. The molecular formula is C23H25N5O4. The summed E-state index contributed by atoms with van der Waals surface area (Å²) in [7, 11) is 0. The van der Waals surface area contributed by atoms with Crippen molar-refractivity contribution in [1.82, 2.24) is 20.2 Å². The molecule has 0 bridgehead atoms. The summed E-state index contributed by atoms with van der Waals surface area (Å²) in [6.07, 6.45) is 3.49. The molecule has 1 saturated heterocycles. The molecule has 0 unspecified atom stereocenters. The number of hydrogen-bond donors (Lipinski definition) is 1. The maximum atomic E-state index is 13.1. The lowest BCUT2D eigenvalue weighted by Crippen LogP contribution is -2.45. The zero-order chi connectivity index (χ0) is 22.3. The average Bonchev–Trinajstić information content (AvgIpc) is 2.98. The Morgan fingerprint density at radius 1 is 1.06 bits per heavy atom. The number of pyridine rings is 1. The van der Waals surface area contributed by atoms with Crippen LogP contribution in [0.25, 0.3) is 0 Å². The van der Waals surface area contributed by atoms with E-state index >= 15 is 0 Å². The van der Waals surface area contributed by atoms with Crippen molar-refractivity contribution in [3.05, 3.63) is 66.0 Å². The summed E-state index contributed by atoms with van der Waals surface area (Å²) in [5.41, 5.74) is 4.51. The average molecular weight is 435 g/mol. The van der Waals surface area contributed by atoms with Crippen LogP contribution in [-0.2, 0) is 32.3 Å². The number of aromatic nitrogens is 1. The van der Waals surface area contributed by atoms with Crippen molar-refractivity contribution in [3.63, 3.8) is 0 Å². The van der Waals surface area contributed by atoms with Crippen LogP contribution in [0.5, 0.6) is 0 Å². The van der Waals surface area contributed by atoms with Crippen LogP contribution in [0.3, 0.4) is 0 Å². The summed E-state index contributed by atoms with van der Waals surface area (Å²) in [5, 5.41) is 3.90. The summed E-state index contributed by atoms with van der Waals surface area (Å²) >= 11 is 0. The van der Waals surface area contributed by atoms with Crippen LogP contribution >= 0.6 is 0 Å². The molecule has 1 N–H and O–H groups in total. The highest BCUT2D eigenvalue weighted by Gasteiger charge is 2.33. The molecule has 2 aliphatic heterocycles. The molecule has 9 nitrogen and oxygen atoms in total. The molecule has 2 aromatic rings. The van der Waals surface area contributed by atoms with E-state index in [0.717, 1.165) is 11.1 Å². The van der Waals surface area contributed by atoms with Gasteiger partial charge in [-0.1, -0.05) is 36.4 Å². The van der Waals surface area contributed by atoms with Gasteiger partial charge in [-0.2, -0.15) is 5.10 Å². The fourth-order valence-corrected chi connectivity index (χ4v) is 3.70. The standard InChI is InChI=1S/C23H25N5O4/c29-21-9-8-20(25-26-21)23(31)28-14-19(32-16-17-5-2-1-3-6-17)13-27(22(30)15-28)12-18-7-4-10-24-11-18/h1-7,10-11,19H,8-9,12-16H2,(H,26,29)/t19-/m0/s1. The van der Waals surface area contributed by atoms with Gasteiger partial charge in [0.05, 0.1) is 12.7 Å². The molecule has 0 radical (unpaired) electrons. The smallest absolute Gasteiger partial charge is 0.270 e. The number of benzene rings is 1. The molecule has 0 aliphatic carbocycles. The van der Waals surface area contributed by atoms with Gasteiger partial charge in [0.25, 0.3) is 5.91 Å². The van der Waals surface area contributed by atoms with Gasteiger partial charge < -0.3 is 14.5 Å². The fraction of sp³-hybridized carbons (Fsp3) is 0.348. The third-order valence-corrected chi connectivity index (χ3v) is 5.39. The van der Waals surface area contributed by atoms with Gasteiger partial charge in [-0.25, -0.2) is 5.43 Å². The van der Waals surface area contributed by atoms with Gasteiger partial charge in [0.2, 0.25) is 11.8 Å². The van der Waals surface area contributed by atoms with Gasteiger partial charge in [0, 0.05) is 44.9 Å². The molecule has 9 heteroatoms. The maximum Gasteiger partial charge on any atom is 0.270 e. The highest BCUT2D eigenvalue weighted by atomic mass is 16.5. The Kier molecular flexibility index (Phi) is 6.86. The summed E-state index contributed by atoms with van der Waals surface area (Å²) in [4.78, 5) is 44.7. The SMILES string of the molecule is O=C1CCC(C(=O)N2CC(=O)N(Cc3cccnc3)C[C@H](OCc3ccccc3)C2)=NN1. The summed E-state index contributed by atoms with van der Waals surface area (Å²) in [6, 6.07) is 13.5. The number of carbonyl (C=O) groups excluding carboxylic acids is 3. The Bertz CT molecular complexity index is 996. The molecular weight excluding hydrogens is 410 g/mol. The van der Waals surface area contributed by atoms with E-state index in [1.165, 1.54) is 4.90 Å². The predicted octanol–water partition coefficient (Wildman–Crippen LogP) is 1.10. The van der Waals surface area contributed by atoms with Crippen molar-refractivity contribution >= 4 is 23.4 Å². The second-order valence-electron chi connectivity index (χ2n) is 7.83. The number of carbonyl (C=O) groups is 3. The van der Waals surface area contributed by atoms with E-state index < -0.39 is 0 Å². The van der Waals surface area contributed by atoms with Crippen molar-refractivity contribution in [3.8, 4) is 0 Å². The lowest BCUT2D eigenvalue weighted by atomic mass is 10.1. The predicted molar refractivity (Wildman–Crippen MR) is 116 cm³/mol. The third-order valence-electron chi connectivity index (χ3n) is 5.39. The summed E-state index contributed by atoms with van der Waals surface area (Å²) < 4.78 is 6.14. The van der Waals surface area contributed by atoms with Gasteiger partial charge in [-0.3, -0.25) is 19.4 Å². The van der Waals surface area contributed by atoms with E-state index in [0.29, 0.717) is 19.7 Å². The van der Waals surface area contributed by atoms with E-state index in [1.807, 2.05) is 42.5 Å². The Morgan fingerprint density at radius 3 is 2.59 bits per heavy atom. The first-order valence-electron chi connectivity index (χ1n) is 10.6. The van der Waals surface area contributed by atoms with E-state index in [4.69, 9.17) is 4.74 Å². The molecule has 1 fully saturated rings. The van der Waals surface area contributed by atoms with Crippen LogP contribution in [0, 0.1) is 0 Å². The second-order valence-corrected chi connectivity index (χ2v) is 7.83. The quantitative estimate of drug-likeness (QED) is 0.732. The molecule has 2 aliphatic rings. The molecule has 1 atom stereocenters. The molecule has 1 aromatic heterocycles. The van der Waals surface area contributed by atoms with Crippen LogP contribution in [0.4, 0.5) is 0 Å². The number of ether oxygens (including phenoxy) is 1. The number of hydrazone groups is 1. The van der Waals surface area contributed by atoms with Crippen molar-refractivity contribution in [1.29, 1.82) is 0 Å². The Morgan fingerprint density at radius 2 is 1.88 bits per heavy atom.